The van der Waals surface area contributed by atoms with E-state index in [2.05, 4.69) is 15.7 Å². The maximum absolute atomic E-state index is 12.1. The van der Waals surface area contributed by atoms with Crippen molar-refractivity contribution in [1.29, 1.82) is 0 Å². The van der Waals surface area contributed by atoms with Gasteiger partial charge in [0.15, 0.2) is 6.10 Å². The van der Waals surface area contributed by atoms with Crippen molar-refractivity contribution in [3.05, 3.63) is 42.2 Å². The molecule has 1 aromatic heterocycles. The Morgan fingerprint density at radius 1 is 1.55 bits per heavy atom. The summed E-state index contributed by atoms with van der Waals surface area (Å²) in [4.78, 5) is 12.1. The summed E-state index contributed by atoms with van der Waals surface area (Å²) in [6, 6.07) is 7.59. The van der Waals surface area contributed by atoms with Crippen molar-refractivity contribution in [1.82, 2.24) is 15.1 Å². The van der Waals surface area contributed by atoms with E-state index < -0.39 is 6.10 Å². The average molecular weight is 272 g/mol. The Kier molecular flexibility index (Phi) is 3.28. The highest BCUT2D eigenvalue weighted by Crippen LogP contribution is 2.28. The highest BCUT2D eigenvalue weighted by atomic mass is 16.5. The van der Waals surface area contributed by atoms with E-state index in [1.165, 1.54) is 0 Å². The molecule has 6 nitrogen and oxygen atoms in total. The van der Waals surface area contributed by atoms with Crippen LogP contribution in [0.15, 0.2) is 36.7 Å². The molecule has 1 aromatic carbocycles. The number of hydrogen-bond donors (Lipinski definition) is 2. The fraction of sp³-hybridized carbons (Fsp3) is 0.286. The molecule has 0 fully saturated rings. The monoisotopic (exact) mass is 272 g/mol. The molecular weight excluding hydrogens is 256 g/mol. The summed E-state index contributed by atoms with van der Waals surface area (Å²) < 4.78 is 7.40. The van der Waals surface area contributed by atoms with Gasteiger partial charge in [-0.05, 0) is 12.1 Å². The third-order valence-corrected chi connectivity index (χ3v) is 3.15. The summed E-state index contributed by atoms with van der Waals surface area (Å²) in [5, 5.41) is 10.1. The lowest BCUT2D eigenvalue weighted by Crippen LogP contribution is -2.44. The molecule has 1 aliphatic heterocycles. The van der Waals surface area contributed by atoms with E-state index in [9.17, 15) is 4.79 Å². The largest absolute Gasteiger partial charge is 0.477 e. The highest BCUT2D eigenvalue weighted by molar-refractivity contribution is 5.83. The second-order valence-corrected chi connectivity index (χ2v) is 4.72. The molecule has 1 atom stereocenters. The number of ether oxygens (including phenoxy) is 1. The average Bonchev–Trinajstić information content (AvgIpc) is 2.90. The van der Waals surface area contributed by atoms with Crippen molar-refractivity contribution < 1.29 is 9.53 Å². The molecule has 0 aliphatic carbocycles. The fourth-order valence-corrected chi connectivity index (χ4v) is 2.13. The molecule has 0 saturated heterocycles. The van der Waals surface area contributed by atoms with E-state index in [0.717, 1.165) is 11.3 Å². The first kappa shape index (κ1) is 12.5. The summed E-state index contributed by atoms with van der Waals surface area (Å²) >= 11 is 0. The van der Waals surface area contributed by atoms with Gasteiger partial charge in [0, 0.05) is 25.4 Å². The van der Waals surface area contributed by atoms with E-state index in [-0.39, 0.29) is 5.91 Å². The smallest absolute Gasteiger partial charge is 0.263 e. The molecule has 1 amide bonds. The number of nitrogens with zero attached hydrogens (tertiary/aromatic N) is 2. The van der Waals surface area contributed by atoms with Crippen LogP contribution in [0, 0.1) is 0 Å². The van der Waals surface area contributed by atoms with Crippen LogP contribution in [0.3, 0.4) is 0 Å². The zero-order chi connectivity index (χ0) is 13.9. The number of anilines is 1. The molecule has 1 unspecified atom stereocenters. The minimum atomic E-state index is -0.512. The zero-order valence-corrected chi connectivity index (χ0v) is 11.2. The van der Waals surface area contributed by atoms with Gasteiger partial charge in [-0.3, -0.25) is 9.48 Å². The van der Waals surface area contributed by atoms with Gasteiger partial charge in [0.05, 0.1) is 18.4 Å². The van der Waals surface area contributed by atoms with Crippen LogP contribution in [0.25, 0.3) is 0 Å². The van der Waals surface area contributed by atoms with E-state index in [1.54, 1.807) is 10.9 Å². The minimum Gasteiger partial charge on any atom is -0.477 e. The lowest BCUT2D eigenvalue weighted by molar-refractivity contribution is -0.127. The van der Waals surface area contributed by atoms with Crippen LogP contribution in [0.1, 0.15) is 5.56 Å². The molecule has 2 heterocycles. The van der Waals surface area contributed by atoms with Gasteiger partial charge in [-0.2, -0.15) is 5.10 Å². The normalized spacial score (nSPS) is 16.8. The highest BCUT2D eigenvalue weighted by Gasteiger charge is 2.25. The number of amides is 1. The van der Waals surface area contributed by atoms with Gasteiger partial charge in [0.2, 0.25) is 0 Å². The molecule has 2 N–H and O–H groups in total. The number of carbonyl (C=O) groups is 1. The summed E-state index contributed by atoms with van der Waals surface area (Å²) in [6.45, 7) is 0.921. The van der Waals surface area contributed by atoms with E-state index >= 15 is 0 Å². The second-order valence-electron chi connectivity index (χ2n) is 4.72. The van der Waals surface area contributed by atoms with Gasteiger partial charge in [-0.15, -0.1) is 0 Å². The second kappa shape index (κ2) is 5.24. The number of benzene rings is 1. The number of para-hydroxylation sites is 2. The summed E-state index contributed by atoms with van der Waals surface area (Å²) in [7, 11) is 1.84. The van der Waals surface area contributed by atoms with Crippen LogP contribution < -0.4 is 15.4 Å². The van der Waals surface area contributed by atoms with Crippen molar-refractivity contribution in [2.75, 3.05) is 11.9 Å². The molecule has 0 radical (unpaired) electrons. The van der Waals surface area contributed by atoms with Crippen LogP contribution >= 0.6 is 0 Å². The molecule has 0 saturated carbocycles. The predicted molar refractivity (Wildman–Crippen MR) is 74.4 cm³/mol. The summed E-state index contributed by atoms with van der Waals surface area (Å²) in [5.74, 6) is 0.580. The van der Waals surface area contributed by atoms with Crippen LogP contribution in [0.2, 0.25) is 0 Å². The first-order chi connectivity index (χ1) is 9.72. The Labute approximate surface area is 116 Å². The third kappa shape index (κ3) is 2.59. The Balaban J connectivity index is 1.59. The van der Waals surface area contributed by atoms with E-state index in [4.69, 9.17) is 4.74 Å². The Morgan fingerprint density at radius 2 is 2.40 bits per heavy atom. The van der Waals surface area contributed by atoms with Crippen molar-refractivity contribution in [3.8, 4) is 5.75 Å². The van der Waals surface area contributed by atoms with Crippen molar-refractivity contribution >= 4 is 11.6 Å². The molecule has 0 spiro atoms. The zero-order valence-electron chi connectivity index (χ0n) is 11.2. The third-order valence-electron chi connectivity index (χ3n) is 3.15. The quantitative estimate of drug-likeness (QED) is 0.871. The van der Waals surface area contributed by atoms with Gasteiger partial charge < -0.3 is 15.4 Å². The van der Waals surface area contributed by atoms with Crippen LogP contribution in [-0.4, -0.2) is 28.3 Å². The van der Waals surface area contributed by atoms with Crippen molar-refractivity contribution in [3.63, 3.8) is 0 Å². The predicted octanol–water partition coefficient (Wildman–Crippen LogP) is 0.909. The number of rotatable bonds is 3. The number of hydrogen-bond acceptors (Lipinski definition) is 4. The van der Waals surface area contributed by atoms with Gasteiger partial charge in [-0.1, -0.05) is 12.1 Å². The molecule has 1 aliphatic rings. The van der Waals surface area contributed by atoms with Crippen molar-refractivity contribution in [2.45, 2.75) is 12.6 Å². The Morgan fingerprint density at radius 3 is 3.20 bits per heavy atom. The van der Waals surface area contributed by atoms with Gasteiger partial charge in [-0.25, -0.2) is 0 Å². The maximum atomic E-state index is 12.1. The van der Waals surface area contributed by atoms with Crippen molar-refractivity contribution in [2.24, 2.45) is 7.05 Å². The molecule has 3 rings (SSSR count). The number of carbonyl (C=O) groups excluding carboxylic acids is 1. The van der Waals surface area contributed by atoms with Gasteiger partial charge in [0.1, 0.15) is 5.75 Å². The first-order valence-corrected chi connectivity index (χ1v) is 6.47. The lowest BCUT2D eigenvalue weighted by Gasteiger charge is -2.26. The fourth-order valence-electron chi connectivity index (χ4n) is 2.13. The Bertz CT molecular complexity index is 623. The molecule has 6 heteroatoms. The summed E-state index contributed by atoms with van der Waals surface area (Å²) in [5.41, 5.74) is 1.88. The topological polar surface area (TPSA) is 68.2 Å². The molecular formula is C14H16N4O2. The Hall–Kier alpha value is -2.50. The van der Waals surface area contributed by atoms with Gasteiger partial charge >= 0.3 is 0 Å². The summed E-state index contributed by atoms with van der Waals surface area (Å²) in [6.07, 6.45) is 3.09. The molecule has 2 aromatic rings. The van der Waals surface area contributed by atoms with E-state index in [1.807, 2.05) is 37.5 Å². The molecule has 20 heavy (non-hydrogen) atoms. The van der Waals surface area contributed by atoms with Crippen LogP contribution in [-0.2, 0) is 18.4 Å². The van der Waals surface area contributed by atoms with Gasteiger partial charge in [0.25, 0.3) is 5.91 Å². The molecule has 0 bridgehead atoms. The van der Waals surface area contributed by atoms with E-state index in [0.29, 0.717) is 18.8 Å². The number of aryl methyl sites for hydroxylation is 1. The minimum absolute atomic E-state index is 0.129. The lowest BCUT2D eigenvalue weighted by atomic mass is 10.2. The number of fused-ring (bicyclic) bond motifs is 1. The maximum Gasteiger partial charge on any atom is 0.263 e. The number of aromatic nitrogens is 2. The first-order valence-electron chi connectivity index (χ1n) is 6.47. The SMILES string of the molecule is Cn1cc(CNC(=O)C2CNc3ccccc3O2)cn1. The molecule has 104 valence electrons. The standard InChI is InChI=1S/C14H16N4O2/c1-18-9-10(7-17-18)6-16-14(19)13-8-15-11-4-2-3-5-12(11)20-13/h2-5,7,9,13,15H,6,8H2,1H3,(H,16,19). The van der Waals surface area contributed by atoms with Crippen LogP contribution in [0.5, 0.6) is 5.75 Å². The number of nitrogens with one attached hydrogen (secondary N) is 2. The van der Waals surface area contributed by atoms with Crippen LogP contribution in [0.4, 0.5) is 5.69 Å².